The number of para-hydroxylation sites is 1. The summed E-state index contributed by atoms with van der Waals surface area (Å²) in [5, 5.41) is 4.59. The minimum atomic E-state index is -0.279. The van der Waals surface area contributed by atoms with E-state index in [1.165, 1.54) is 0 Å². The van der Waals surface area contributed by atoms with Gasteiger partial charge in [-0.3, -0.25) is 4.79 Å². The number of benzene rings is 3. The van der Waals surface area contributed by atoms with E-state index in [1.807, 2.05) is 49.5 Å². The van der Waals surface area contributed by atoms with Gasteiger partial charge in [-0.15, -0.1) is 0 Å². The highest BCUT2D eigenvalue weighted by Gasteiger charge is 2.04. The molecule has 0 aliphatic carbocycles. The highest BCUT2D eigenvalue weighted by Crippen LogP contribution is 2.22. The number of amides is 1. The summed E-state index contributed by atoms with van der Waals surface area (Å²) in [6.45, 7) is 0. The molecule has 0 saturated heterocycles. The number of anilines is 2. The van der Waals surface area contributed by atoms with Crippen molar-refractivity contribution < 1.29 is 4.79 Å². The van der Waals surface area contributed by atoms with Gasteiger partial charge in [0.15, 0.2) is 0 Å². The lowest BCUT2D eigenvalue weighted by molar-refractivity contribution is 0.0955. The van der Waals surface area contributed by atoms with E-state index in [-0.39, 0.29) is 5.91 Å². The van der Waals surface area contributed by atoms with Crippen molar-refractivity contribution in [1.29, 1.82) is 0 Å². The molecule has 4 nitrogen and oxygen atoms in total. The number of hydrazone groups is 1. The minimum Gasteiger partial charge on any atom is -0.345 e. The molecule has 0 saturated carbocycles. The van der Waals surface area contributed by atoms with Gasteiger partial charge in [0.2, 0.25) is 0 Å². The van der Waals surface area contributed by atoms with Crippen molar-refractivity contribution in [2.24, 2.45) is 5.10 Å². The molecule has 3 aromatic rings. The van der Waals surface area contributed by atoms with Gasteiger partial charge in [-0.1, -0.05) is 41.9 Å². The SMILES string of the molecule is CN(c1ccccc1)c1ccc(C=NNC(=O)c2ccc(Cl)cc2)cc1. The Morgan fingerprint density at radius 3 is 2.19 bits per heavy atom. The van der Waals surface area contributed by atoms with Crippen LogP contribution in [0.5, 0.6) is 0 Å². The molecule has 5 heteroatoms. The maximum Gasteiger partial charge on any atom is 0.271 e. The standard InChI is InChI=1S/C21H18ClN3O/c1-25(19-5-3-2-4-6-19)20-13-7-16(8-14-20)15-23-24-21(26)17-9-11-18(22)12-10-17/h2-15H,1H3,(H,24,26). The van der Waals surface area contributed by atoms with Crippen LogP contribution < -0.4 is 10.3 Å². The Bertz CT molecular complexity index is 891. The second-order valence-electron chi connectivity index (χ2n) is 5.69. The lowest BCUT2D eigenvalue weighted by atomic mass is 10.2. The first kappa shape index (κ1) is 17.7. The van der Waals surface area contributed by atoms with Gasteiger partial charge < -0.3 is 4.90 Å². The summed E-state index contributed by atoms with van der Waals surface area (Å²) < 4.78 is 0. The molecule has 0 atom stereocenters. The summed E-state index contributed by atoms with van der Waals surface area (Å²) in [6, 6.07) is 24.7. The molecule has 130 valence electrons. The van der Waals surface area contributed by atoms with Gasteiger partial charge in [-0.25, -0.2) is 5.43 Å². The lowest BCUT2D eigenvalue weighted by Gasteiger charge is -2.19. The Hall–Kier alpha value is -3.11. The molecule has 0 fully saturated rings. The third kappa shape index (κ3) is 4.49. The third-order valence-corrected chi connectivity index (χ3v) is 4.16. The predicted molar refractivity (Wildman–Crippen MR) is 107 cm³/mol. The Balaban J connectivity index is 1.61. The van der Waals surface area contributed by atoms with Crippen LogP contribution in [0.1, 0.15) is 15.9 Å². The van der Waals surface area contributed by atoms with Crippen molar-refractivity contribution in [3.63, 3.8) is 0 Å². The second-order valence-corrected chi connectivity index (χ2v) is 6.13. The number of hydrogen-bond acceptors (Lipinski definition) is 3. The molecular weight excluding hydrogens is 346 g/mol. The number of carbonyl (C=O) groups excluding carboxylic acids is 1. The van der Waals surface area contributed by atoms with E-state index in [1.54, 1.807) is 30.5 Å². The van der Waals surface area contributed by atoms with Crippen LogP contribution in [-0.4, -0.2) is 19.2 Å². The van der Waals surface area contributed by atoms with E-state index >= 15 is 0 Å². The van der Waals surface area contributed by atoms with E-state index < -0.39 is 0 Å². The predicted octanol–water partition coefficient (Wildman–Crippen LogP) is 4.87. The van der Waals surface area contributed by atoms with Gasteiger partial charge in [0.1, 0.15) is 0 Å². The molecule has 26 heavy (non-hydrogen) atoms. The zero-order chi connectivity index (χ0) is 18.4. The summed E-state index contributed by atoms with van der Waals surface area (Å²) >= 11 is 5.81. The number of nitrogens with zero attached hydrogens (tertiary/aromatic N) is 2. The molecule has 3 aromatic carbocycles. The van der Waals surface area contributed by atoms with Gasteiger partial charge in [-0.2, -0.15) is 5.10 Å². The largest absolute Gasteiger partial charge is 0.345 e. The lowest BCUT2D eigenvalue weighted by Crippen LogP contribution is -2.17. The van der Waals surface area contributed by atoms with Crippen molar-refractivity contribution >= 4 is 35.1 Å². The van der Waals surface area contributed by atoms with Crippen molar-refractivity contribution in [2.75, 3.05) is 11.9 Å². The molecule has 0 aliphatic heterocycles. The molecule has 0 spiro atoms. The van der Waals surface area contributed by atoms with Crippen LogP contribution in [0.15, 0.2) is 84.0 Å². The molecule has 1 N–H and O–H groups in total. The van der Waals surface area contributed by atoms with Crippen molar-refractivity contribution in [2.45, 2.75) is 0 Å². The van der Waals surface area contributed by atoms with E-state index in [9.17, 15) is 4.79 Å². The highest BCUT2D eigenvalue weighted by atomic mass is 35.5. The van der Waals surface area contributed by atoms with Crippen LogP contribution in [0.2, 0.25) is 5.02 Å². The van der Waals surface area contributed by atoms with Gasteiger partial charge in [0.25, 0.3) is 5.91 Å². The maximum absolute atomic E-state index is 12.0. The van der Waals surface area contributed by atoms with Gasteiger partial charge >= 0.3 is 0 Å². The average Bonchev–Trinajstić information content (AvgIpc) is 2.69. The average molecular weight is 364 g/mol. The fourth-order valence-corrected chi connectivity index (χ4v) is 2.54. The smallest absolute Gasteiger partial charge is 0.271 e. The Kier molecular flexibility index (Phi) is 5.66. The van der Waals surface area contributed by atoms with Gasteiger partial charge in [0.05, 0.1) is 6.21 Å². The Morgan fingerprint density at radius 1 is 0.923 bits per heavy atom. The quantitative estimate of drug-likeness (QED) is 0.519. The zero-order valence-corrected chi connectivity index (χ0v) is 15.0. The highest BCUT2D eigenvalue weighted by molar-refractivity contribution is 6.30. The first-order valence-electron chi connectivity index (χ1n) is 8.11. The monoisotopic (exact) mass is 363 g/mol. The molecule has 1 amide bonds. The first-order valence-corrected chi connectivity index (χ1v) is 8.49. The number of rotatable bonds is 5. The summed E-state index contributed by atoms with van der Waals surface area (Å²) in [5.74, 6) is -0.279. The van der Waals surface area contributed by atoms with E-state index in [4.69, 9.17) is 11.6 Å². The molecule has 0 aromatic heterocycles. The molecule has 0 bridgehead atoms. The molecule has 0 unspecified atom stereocenters. The van der Waals surface area contributed by atoms with E-state index in [2.05, 4.69) is 27.6 Å². The second kappa shape index (κ2) is 8.32. The van der Waals surface area contributed by atoms with Crippen LogP contribution in [0.4, 0.5) is 11.4 Å². The maximum atomic E-state index is 12.0. The topological polar surface area (TPSA) is 44.7 Å². The van der Waals surface area contributed by atoms with Crippen molar-refractivity contribution in [3.8, 4) is 0 Å². The fraction of sp³-hybridized carbons (Fsp3) is 0.0476. The summed E-state index contributed by atoms with van der Waals surface area (Å²) in [4.78, 5) is 14.1. The van der Waals surface area contributed by atoms with Crippen LogP contribution in [0.25, 0.3) is 0 Å². The minimum absolute atomic E-state index is 0.279. The molecule has 3 rings (SSSR count). The molecule has 0 radical (unpaired) electrons. The molecule has 0 heterocycles. The van der Waals surface area contributed by atoms with Crippen LogP contribution >= 0.6 is 11.6 Å². The van der Waals surface area contributed by atoms with Crippen molar-refractivity contribution in [1.82, 2.24) is 5.43 Å². The normalized spacial score (nSPS) is 10.7. The molecule has 0 aliphatic rings. The van der Waals surface area contributed by atoms with Crippen LogP contribution in [0, 0.1) is 0 Å². The summed E-state index contributed by atoms with van der Waals surface area (Å²) in [6.07, 6.45) is 1.61. The zero-order valence-electron chi connectivity index (χ0n) is 14.3. The first-order chi connectivity index (χ1) is 12.6. The number of halogens is 1. The summed E-state index contributed by atoms with van der Waals surface area (Å²) in [7, 11) is 2.02. The summed E-state index contributed by atoms with van der Waals surface area (Å²) in [5.41, 5.74) is 6.09. The van der Waals surface area contributed by atoms with Gasteiger partial charge in [-0.05, 0) is 54.1 Å². The number of carbonyl (C=O) groups is 1. The number of hydrogen-bond donors (Lipinski definition) is 1. The Morgan fingerprint density at radius 2 is 1.54 bits per heavy atom. The van der Waals surface area contributed by atoms with Crippen molar-refractivity contribution in [3.05, 3.63) is 95.0 Å². The third-order valence-electron chi connectivity index (χ3n) is 3.91. The Labute approximate surface area is 157 Å². The van der Waals surface area contributed by atoms with E-state index in [0.717, 1.165) is 16.9 Å². The van der Waals surface area contributed by atoms with E-state index in [0.29, 0.717) is 10.6 Å². The van der Waals surface area contributed by atoms with Gasteiger partial charge in [0, 0.05) is 29.0 Å². The van der Waals surface area contributed by atoms with Crippen LogP contribution in [-0.2, 0) is 0 Å². The van der Waals surface area contributed by atoms with Crippen LogP contribution in [0.3, 0.4) is 0 Å². The number of nitrogens with one attached hydrogen (secondary N) is 1. The molecular formula is C21H18ClN3O. The fourth-order valence-electron chi connectivity index (χ4n) is 2.42.